The SMILES string of the molecule is CCC(C)NC(=O)CCCCSc1nnc(-c2ccc(C)cc2)n1-c1ccccc1. The minimum Gasteiger partial charge on any atom is -0.354 e. The monoisotopic (exact) mass is 422 g/mol. The summed E-state index contributed by atoms with van der Waals surface area (Å²) in [6.07, 6.45) is 3.37. The molecule has 0 radical (unpaired) electrons. The maximum Gasteiger partial charge on any atom is 0.220 e. The lowest BCUT2D eigenvalue weighted by molar-refractivity contribution is -0.121. The molecule has 6 heteroatoms. The van der Waals surface area contributed by atoms with Crippen molar-refractivity contribution < 1.29 is 4.79 Å². The van der Waals surface area contributed by atoms with Gasteiger partial charge in [0.15, 0.2) is 11.0 Å². The van der Waals surface area contributed by atoms with Crippen molar-refractivity contribution in [2.75, 3.05) is 5.75 Å². The highest BCUT2D eigenvalue weighted by Gasteiger charge is 2.16. The Morgan fingerprint density at radius 3 is 2.50 bits per heavy atom. The van der Waals surface area contributed by atoms with Crippen LogP contribution >= 0.6 is 11.8 Å². The predicted molar refractivity (Wildman–Crippen MR) is 124 cm³/mol. The highest BCUT2D eigenvalue weighted by Crippen LogP contribution is 2.28. The molecular weight excluding hydrogens is 392 g/mol. The molecule has 158 valence electrons. The lowest BCUT2D eigenvalue weighted by Gasteiger charge is -2.11. The number of unbranched alkanes of at least 4 members (excludes halogenated alkanes) is 1. The predicted octanol–water partition coefficient (Wildman–Crippen LogP) is 5.42. The summed E-state index contributed by atoms with van der Waals surface area (Å²) in [6, 6.07) is 18.8. The molecule has 0 aliphatic heterocycles. The van der Waals surface area contributed by atoms with Gasteiger partial charge in [0.2, 0.25) is 5.91 Å². The zero-order chi connectivity index (χ0) is 21.3. The molecule has 0 bridgehead atoms. The third kappa shape index (κ3) is 5.95. The molecule has 0 spiro atoms. The van der Waals surface area contributed by atoms with Crippen LogP contribution in [0.3, 0.4) is 0 Å². The first-order chi connectivity index (χ1) is 14.6. The van der Waals surface area contributed by atoms with Crippen molar-refractivity contribution >= 4 is 17.7 Å². The fraction of sp³-hybridized carbons (Fsp3) is 0.375. The first-order valence-corrected chi connectivity index (χ1v) is 11.6. The van der Waals surface area contributed by atoms with Crippen LogP contribution in [0.15, 0.2) is 59.8 Å². The van der Waals surface area contributed by atoms with Gasteiger partial charge < -0.3 is 5.32 Å². The number of hydrogen-bond donors (Lipinski definition) is 1. The number of carbonyl (C=O) groups excluding carboxylic acids is 1. The number of nitrogens with one attached hydrogen (secondary N) is 1. The van der Waals surface area contributed by atoms with Crippen molar-refractivity contribution in [3.05, 3.63) is 60.2 Å². The molecule has 30 heavy (non-hydrogen) atoms. The Hall–Kier alpha value is -2.60. The van der Waals surface area contributed by atoms with Gasteiger partial charge in [0.05, 0.1) is 0 Å². The van der Waals surface area contributed by atoms with E-state index in [9.17, 15) is 4.79 Å². The number of aromatic nitrogens is 3. The van der Waals surface area contributed by atoms with Crippen LogP contribution in [-0.2, 0) is 4.79 Å². The van der Waals surface area contributed by atoms with Crippen molar-refractivity contribution in [1.29, 1.82) is 0 Å². The molecule has 1 atom stereocenters. The summed E-state index contributed by atoms with van der Waals surface area (Å²) in [5.74, 6) is 1.88. The molecule has 2 aromatic carbocycles. The number of nitrogens with zero attached hydrogens (tertiary/aromatic N) is 3. The number of rotatable bonds is 10. The van der Waals surface area contributed by atoms with E-state index in [1.807, 2.05) is 25.1 Å². The molecule has 1 unspecified atom stereocenters. The molecule has 1 heterocycles. The number of hydrogen-bond acceptors (Lipinski definition) is 4. The van der Waals surface area contributed by atoms with E-state index in [2.05, 4.69) is 70.3 Å². The Balaban J connectivity index is 1.66. The molecule has 0 aliphatic rings. The fourth-order valence-electron chi connectivity index (χ4n) is 3.06. The van der Waals surface area contributed by atoms with Crippen molar-refractivity contribution in [1.82, 2.24) is 20.1 Å². The van der Waals surface area contributed by atoms with E-state index in [0.717, 1.165) is 47.2 Å². The van der Waals surface area contributed by atoms with Crippen LogP contribution in [0, 0.1) is 6.92 Å². The average molecular weight is 423 g/mol. The minimum absolute atomic E-state index is 0.142. The molecule has 1 aromatic heterocycles. The van der Waals surface area contributed by atoms with E-state index in [1.54, 1.807) is 11.8 Å². The molecule has 0 saturated carbocycles. The summed E-state index contributed by atoms with van der Waals surface area (Å²) in [6.45, 7) is 6.20. The Labute approximate surface area is 183 Å². The van der Waals surface area contributed by atoms with E-state index in [1.165, 1.54) is 5.56 Å². The second-order valence-corrected chi connectivity index (χ2v) is 8.59. The number of aryl methyl sites for hydroxylation is 1. The standard InChI is InChI=1S/C24H30N4OS/c1-4-19(3)25-22(29)12-8-9-17-30-24-27-26-23(20-15-13-18(2)14-16-20)28(24)21-10-6-5-7-11-21/h5-7,10-11,13-16,19H,4,8-9,12,17H2,1-3H3,(H,25,29). The average Bonchev–Trinajstić information content (AvgIpc) is 3.18. The third-order valence-corrected chi connectivity index (χ3v) is 6.02. The number of carbonyl (C=O) groups is 1. The lowest BCUT2D eigenvalue weighted by Crippen LogP contribution is -2.31. The van der Waals surface area contributed by atoms with Gasteiger partial charge in [0.25, 0.3) is 0 Å². The number of thioether (sulfide) groups is 1. The van der Waals surface area contributed by atoms with Crippen LogP contribution in [0.4, 0.5) is 0 Å². The summed E-state index contributed by atoms with van der Waals surface area (Å²) in [7, 11) is 0. The van der Waals surface area contributed by atoms with Crippen molar-refractivity contribution in [3.63, 3.8) is 0 Å². The van der Waals surface area contributed by atoms with Crippen molar-refractivity contribution in [2.24, 2.45) is 0 Å². The van der Waals surface area contributed by atoms with Crippen LogP contribution in [-0.4, -0.2) is 32.5 Å². The topological polar surface area (TPSA) is 59.8 Å². The maximum atomic E-state index is 11.9. The van der Waals surface area contributed by atoms with Crippen molar-refractivity contribution in [3.8, 4) is 17.1 Å². The second-order valence-electron chi connectivity index (χ2n) is 7.53. The van der Waals surface area contributed by atoms with Crippen LogP contribution in [0.2, 0.25) is 0 Å². The maximum absolute atomic E-state index is 11.9. The van der Waals surface area contributed by atoms with E-state index in [-0.39, 0.29) is 11.9 Å². The van der Waals surface area contributed by atoms with Crippen LogP contribution < -0.4 is 5.32 Å². The summed E-state index contributed by atoms with van der Waals surface area (Å²) in [5.41, 5.74) is 3.32. The fourth-order valence-corrected chi connectivity index (χ4v) is 4.01. The molecule has 0 aliphatic carbocycles. The Kier molecular flexibility index (Phi) is 8.08. The number of amides is 1. The van der Waals surface area contributed by atoms with Gasteiger partial charge in [-0.25, -0.2) is 0 Å². The van der Waals surface area contributed by atoms with Crippen LogP contribution in [0.1, 0.15) is 45.1 Å². The zero-order valence-corrected chi connectivity index (χ0v) is 18.8. The highest BCUT2D eigenvalue weighted by atomic mass is 32.2. The van der Waals surface area contributed by atoms with E-state index >= 15 is 0 Å². The van der Waals surface area contributed by atoms with Gasteiger partial charge in [-0.05, 0) is 45.2 Å². The minimum atomic E-state index is 0.142. The number of benzene rings is 2. The Bertz CT molecular complexity index is 938. The van der Waals surface area contributed by atoms with Crippen LogP contribution in [0.25, 0.3) is 17.1 Å². The van der Waals surface area contributed by atoms with Gasteiger partial charge in [-0.3, -0.25) is 9.36 Å². The molecule has 5 nitrogen and oxygen atoms in total. The van der Waals surface area contributed by atoms with E-state index in [4.69, 9.17) is 0 Å². The molecule has 3 rings (SSSR count). The Morgan fingerprint density at radius 2 is 1.80 bits per heavy atom. The summed E-state index contributed by atoms with van der Waals surface area (Å²) in [4.78, 5) is 11.9. The summed E-state index contributed by atoms with van der Waals surface area (Å²) >= 11 is 1.69. The van der Waals surface area contributed by atoms with Gasteiger partial charge in [0, 0.05) is 29.5 Å². The van der Waals surface area contributed by atoms with Gasteiger partial charge in [0.1, 0.15) is 0 Å². The summed E-state index contributed by atoms with van der Waals surface area (Å²) in [5, 5.41) is 12.9. The Morgan fingerprint density at radius 1 is 1.07 bits per heavy atom. The molecule has 0 fully saturated rings. The lowest BCUT2D eigenvalue weighted by atomic mass is 10.1. The summed E-state index contributed by atoms with van der Waals surface area (Å²) < 4.78 is 2.12. The van der Waals surface area contributed by atoms with Crippen molar-refractivity contribution in [2.45, 2.75) is 57.7 Å². The quantitative estimate of drug-likeness (QED) is 0.350. The van der Waals surface area contributed by atoms with Gasteiger partial charge >= 0.3 is 0 Å². The molecule has 1 amide bonds. The first kappa shape index (κ1) is 22.1. The normalized spacial score (nSPS) is 12.0. The van der Waals surface area contributed by atoms with Gasteiger partial charge in [-0.1, -0.05) is 66.7 Å². The molecule has 1 N–H and O–H groups in total. The molecule has 0 saturated heterocycles. The first-order valence-electron chi connectivity index (χ1n) is 10.6. The molecule has 3 aromatic rings. The van der Waals surface area contributed by atoms with Gasteiger partial charge in [-0.15, -0.1) is 10.2 Å². The molecular formula is C24H30N4OS. The van der Waals surface area contributed by atoms with Gasteiger partial charge in [-0.2, -0.15) is 0 Å². The van der Waals surface area contributed by atoms with E-state index < -0.39 is 0 Å². The number of para-hydroxylation sites is 1. The third-order valence-electron chi connectivity index (χ3n) is 5.01. The zero-order valence-electron chi connectivity index (χ0n) is 18.0. The smallest absolute Gasteiger partial charge is 0.220 e. The highest BCUT2D eigenvalue weighted by molar-refractivity contribution is 7.99. The second kappa shape index (κ2) is 11.0. The van der Waals surface area contributed by atoms with Crippen LogP contribution in [0.5, 0.6) is 0 Å². The van der Waals surface area contributed by atoms with E-state index in [0.29, 0.717) is 6.42 Å². The largest absolute Gasteiger partial charge is 0.354 e.